The Kier molecular flexibility index (Phi) is 5.82. The van der Waals surface area contributed by atoms with Gasteiger partial charge in [-0.25, -0.2) is 0 Å². The van der Waals surface area contributed by atoms with Crippen LogP contribution in [0.15, 0.2) is 35.4 Å². The molecule has 5 rings (SSSR count). The number of fused-ring (bicyclic) bond motifs is 4. The maximum absolute atomic E-state index is 15.0. The average molecular weight is 511 g/mol. The molecular formula is C28H31F5O3. The van der Waals surface area contributed by atoms with Crippen LogP contribution in [0.5, 0.6) is 0 Å². The van der Waals surface area contributed by atoms with Crippen LogP contribution in [0.4, 0.5) is 22.0 Å². The van der Waals surface area contributed by atoms with Crippen LogP contribution in [0.25, 0.3) is 0 Å². The van der Waals surface area contributed by atoms with Gasteiger partial charge < -0.3 is 5.11 Å². The van der Waals surface area contributed by atoms with Gasteiger partial charge in [0, 0.05) is 29.7 Å². The summed E-state index contributed by atoms with van der Waals surface area (Å²) in [6.45, 7) is 2.85. The van der Waals surface area contributed by atoms with Gasteiger partial charge in [-0.3, -0.25) is 9.59 Å². The maximum Gasteiger partial charge on any atom is 0.456 e. The molecule has 0 aliphatic heterocycles. The van der Waals surface area contributed by atoms with E-state index in [1.54, 1.807) is 24.3 Å². The highest BCUT2D eigenvalue weighted by Crippen LogP contribution is 2.70. The topological polar surface area (TPSA) is 54.4 Å². The lowest BCUT2D eigenvalue weighted by molar-refractivity contribution is -0.362. The molecule has 0 saturated heterocycles. The molecule has 196 valence electrons. The van der Waals surface area contributed by atoms with Crippen molar-refractivity contribution in [1.29, 1.82) is 0 Å². The van der Waals surface area contributed by atoms with Crippen LogP contribution in [-0.4, -0.2) is 34.4 Å². The van der Waals surface area contributed by atoms with Gasteiger partial charge in [-0.1, -0.05) is 42.3 Å². The van der Waals surface area contributed by atoms with Gasteiger partial charge in [0.1, 0.15) is 11.4 Å². The molecule has 3 unspecified atom stereocenters. The quantitative estimate of drug-likeness (QED) is 0.277. The molecule has 3 saturated carbocycles. The summed E-state index contributed by atoms with van der Waals surface area (Å²) in [4.78, 5) is 24.0. The van der Waals surface area contributed by atoms with Gasteiger partial charge in [0.05, 0.1) is 0 Å². The largest absolute Gasteiger partial charge is 0.456 e. The SMILES string of the molecule is CC(=O)c1ccc([C@H]2C[C@@]3(C)C(CC[C@@]3(O)C(F)(F)C(F)(F)F)C3CCC4CC(=O)CCC4=C32)cc1. The third kappa shape index (κ3) is 3.46. The number of aliphatic hydroxyl groups is 1. The van der Waals surface area contributed by atoms with Crippen LogP contribution in [0.2, 0.25) is 0 Å². The fraction of sp³-hybridized carbons (Fsp3) is 0.643. The number of benzene rings is 1. The molecule has 0 aromatic heterocycles. The Morgan fingerprint density at radius 3 is 2.31 bits per heavy atom. The van der Waals surface area contributed by atoms with Crippen LogP contribution < -0.4 is 0 Å². The summed E-state index contributed by atoms with van der Waals surface area (Å²) >= 11 is 0. The number of halogens is 5. The summed E-state index contributed by atoms with van der Waals surface area (Å²) in [5, 5.41) is 11.3. The third-order valence-electron chi connectivity index (χ3n) is 9.90. The number of Topliss-reactive ketones (excluding diaryl/α,β-unsaturated/α-hetero) is 2. The minimum absolute atomic E-state index is 0.0464. The molecule has 4 aliphatic rings. The number of alkyl halides is 5. The van der Waals surface area contributed by atoms with E-state index in [-0.39, 0.29) is 36.2 Å². The predicted octanol–water partition coefficient (Wildman–Crippen LogP) is 6.80. The molecule has 8 heteroatoms. The Hall–Kier alpha value is -2.09. The zero-order valence-corrected chi connectivity index (χ0v) is 20.4. The molecule has 0 spiro atoms. The molecule has 1 aromatic rings. The van der Waals surface area contributed by atoms with Gasteiger partial charge in [0.15, 0.2) is 5.78 Å². The van der Waals surface area contributed by atoms with Crippen LogP contribution in [0, 0.1) is 23.2 Å². The van der Waals surface area contributed by atoms with Crippen molar-refractivity contribution >= 4 is 11.6 Å². The Balaban J connectivity index is 1.66. The summed E-state index contributed by atoms with van der Waals surface area (Å²) < 4.78 is 70.8. The molecule has 0 heterocycles. The summed E-state index contributed by atoms with van der Waals surface area (Å²) in [5.74, 6) is -6.29. The molecule has 3 fully saturated rings. The summed E-state index contributed by atoms with van der Waals surface area (Å²) in [6, 6.07) is 6.82. The van der Waals surface area contributed by atoms with Crippen LogP contribution >= 0.6 is 0 Å². The van der Waals surface area contributed by atoms with Gasteiger partial charge >= 0.3 is 12.1 Å². The van der Waals surface area contributed by atoms with E-state index in [0.29, 0.717) is 37.7 Å². The molecule has 6 atom stereocenters. The lowest BCUT2D eigenvalue weighted by atomic mass is 9.49. The summed E-state index contributed by atoms with van der Waals surface area (Å²) in [7, 11) is 0. The molecule has 0 bridgehead atoms. The van der Waals surface area contributed by atoms with Crippen molar-refractivity contribution in [2.24, 2.45) is 23.2 Å². The summed E-state index contributed by atoms with van der Waals surface area (Å²) in [6.07, 6.45) is -3.68. The van der Waals surface area contributed by atoms with Crippen molar-refractivity contribution in [1.82, 2.24) is 0 Å². The number of hydrogen-bond acceptors (Lipinski definition) is 3. The van der Waals surface area contributed by atoms with E-state index in [1.165, 1.54) is 13.8 Å². The van der Waals surface area contributed by atoms with Gasteiger partial charge in [-0.15, -0.1) is 0 Å². The zero-order valence-electron chi connectivity index (χ0n) is 20.4. The molecular weight excluding hydrogens is 479 g/mol. The lowest BCUT2D eigenvalue weighted by Gasteiger charge is -2.56. The second-order valence-electron chi connectivity index (χ2n) is 11.5. The first-order valence-electron chi connectivity index (χ1n) is 12.7. The smallest absolute Gasteiger partial charge is 0.383 e. The molecule has 1 aromatic carbocycles. The highest BCUT2D eigenvalue weighted by Gasteiger charge is 2.79. The number of rotatable bonds is 3. The van der Waals surface area contributed by atoms with Gasteiger partial charge in [-0.05, 0) is 68.8 Å². The second-order valence-corrected chi connectivity index (χ2v) is 11.5. The van der Waals surface area contributed by atoms with Gasteiger partial charge in [-0.2, -0.15) is 22.0 Å². The first kappa shape index (κ1) is 25.6. The van der Waals surface area contributed by atoms with E-state index in [4.69, 9.17) is 0 Å². The normalized spacial score (nSPS) is 36.8. The third-order valence-corrected chi connectivity index (χ3v) is 9.90. The summed E-state index contributed by atoms with van der Waals surface area (Å²) in [5.41, 5.74) is -1.41. The first-order chi connectivity index (χ1) is 16.7. The Morgan fingerprint density at radius 2 is 1.69 bits per heavy atom. The van der Waals surface area contributed by atoms with Crippen molar-refractivity contribution in [3.63, 3.8) is 0 Å². The number of carbonyl (C=O) groups excluding carboxylic acids is 2. The minimum atomic E-state index is -5.86. The zero-order chi connectivity index (χ0) is 26.3. The van der Waals surface area contributed by atoms with Crippen molar-refractivity contribution in [2.75, 3.05) is 0 Å². The maximum atomic E-state index is 15.0. The van der Waals surface area contributed by atoms with Crippen molar-refractivity contribution in [3.8, 4) is 0 Å². The molecule has 1 N–H and O–H groups in total. The molecule has 0 amide bonds. The average Bonchev–Trinajstić information content (AvgIpc) is 3.09. The van der Waals surface area contributed by atoms with E-state index in [0.717, 1.165) is 16.7 Å². The minimum Gasteiger partial charge on any atom is -0.383 e. The monoisotopic (exact) mass is 510 g/mol. The molecule has 36 heavy (non-hydrogen) atoms. The molecule has 0 radical (unpaired) electrons. The fourth-order valence-electron chi connectivity index (χ4n) is 8.08. The molecule has 4 aliphatic carbocycles. The Bertz CT molecular complexity index is 1120. The fourth-order valence-corrected chi connectivity index (χ4v) is 8.08. The number of allylic oxidation sites excluding steroid dienone is 2. The number of hydrogen-bond donors (Lipinski definition) is 1. The van der Waals surface area contributed by atoms with Crippen LogP contribution in [0.3, 0.4) is 0 Å². The van der Waals surface area contributed by atoms with E-state index in [9.17, 15) is 36.6 Å². The van der Waals surface area contributed by atoms with E-state index in [2.05, 4.69) is 0 Å². The van der Waals surface area contributed by atoms with E-state index >= 15 is 0 Å². The van der Waals surface area contributed by atoms with E-state index < -0.39 is 41.4 Å². The van der Waals surface area contributed by atoms with Crippen LogP contribution in [0.1, 0.15) is 87.1 Å². The highest BCUT2D eigenvalue weighted by molar-refractivity contribution is 5.94. The Labute approximate surface area is 207 Å². The van der Waals surface area contributed by atoms with Crippen molar-refractivity contribution in [3.05, 3.63) is 46.5 Å². The second kappa shape index (κ2) is 8.20. The first-order valence-corrected chi connectivity index (χ1v) is 12.7. The van der Waals surface area contributed by atoms with E-state index in [1.807, 2.05) is 0 Å². The highest BCUT2D eigenvalue weighted by atomic mass is 19.4. The number of ketones is 2. The van der Waals surface area contributed by atoms with Crippen LogP contribution in [-0.2, 0) is 4.79 Å². The predicted molar refractivity (Wildman–Crippen MR) is 123 cm³/mol. The van der Waals surface area contributed by atoms with Crippen molar-refractivity contribution < 1.29 is 36.6 Å². The lowest BCUT2D eigenvalue weighted by Crippen LogP contribution is -2.65. The van der Waals surface area contributed by atoms with Gasteiger partial charge in [0.2, 0.25) is 0 Å². The Morgan fingerprint density at radius 1 is 1.03 bits per heavy atom. The van der Waals surface area contributed by atoms with Crippen molar-refractivity contribution in [2.45, 2.75) is 88.8 Å². The van der Waals surface area contributed by atoms with Gasteiger partial charge in [0.25, 0.3) is 0 Å². The number of carbonyl (C=O) groups is 2. The molecule has 3 nitrogen and oxygen atoms in total. The standard InChI is InChI=1S/C28H31F5O3/c1-15(34)16-3-5-17(6-4-16)22-14-25(2)23(11-12-26(25,36)27(29,30)28(31,32)33)21-9-7-18-13-19(35)8-10-20(18)24(21)22/h3-6,18,21-23,36H,7-14H2,1-2H3/t18?,21?,22-,23?,25+,26+/m1/s1.